The molecule has 4 heteroatoms. The minimum absolute atomic E-state index is 0.138. The molecule has 0 unspecified atom stereocenters. The zero-order valence-corrected chi connectivity index (χ0v) is 12.4. The van der Waals surface area contributed by atoms with Crippen molar-refractivity contribution in [2.45, 2.75) is 20.4 Å². The van der Waals surface area contributed by atoms with Gasteiger partial charge in [-0.1, -0.05) is 12.1 Å². The summed E-state index contributed by atoms with van der Waals surface area (Å²) in [6.07, 6.45) is 0. The van der Waals surface area contributed by atoms with Crippen LogP contribution in [0.3, 0.4) is 0 Å². The van der Waals surface area contributed by atoms with E-state index in [4.69, 9.17) is 4.42 Å². The van der Waals surface area contributed by atoms with Crippen LogP contribution in [-0.2, 0) is 6.54 Å². The third-order valence-corrected chi connectivity index (χ3v) is 2.97. The standard InChI is InChI=1S/C16H20N2O2/c1-11-8-15(12(2)20-11)16(19)17-14-7-5-6-13(9-14)10-18(3)4/h5-9H,10H2,1-4H3,(H,17,19). The first-order chi connectivity index (χ1) is 9.45. The van der Waals surface area contributed by atoms with Gasteiger partial charge < -0.3 is 14.6 Å². The number of benzene rings is 1. The molecule has 0 saturated heterocycles. The number of aryl methyl sites for hydroxylation is 2. The Labute approximate surface area is 119 Å². The second-order valence-electron chi connectivity index (χ2n) is 5.22. The normalized spacial score (nSPS) is 10.8. The lowest BCUT2D eigenvalue weighted by atomic mass is 10.1. The quantitative estimate of drug-likeness (QED) is 0.929. The van der Waals surface area contributed by atoms with Gasteiger partial charge in [-0.05, 0) is 51.7 Å². The van der Waals surface area contributed by atoms with E-state index in [1.165, 1.54) is 0 Å². The van der Waals surface area contributed by atoms with E-state index < -0.39 is 0 Å². The number of furan rings is 1. The van der Waals surface area contributed by atoms with Crippen LogP contribution in [0, 0.1) is 13.8 Å². The molecule has 0 spiro atoms. The maximum Gasteiger partial charge on any atom is 0.259 e. The molecule has 2 rings (SSSR count). The highest BCUT2D eigenvalue weighted by Crippen LogP contribution is 2.17. The fourth-order valence-corrected chi connectivity index (χ4v) is 2.17. The Morgan fingerprint density at radius 2 is 2.00 bits per heavy atom. The molecular weight excluding hydrogens is 252 g/mol. The SMILES string of the molecule is Cc1cc(C(=O)Nc2cccc(CN(C)C)c2)c(C)o1. The van der Waals surface area contributed by atoms with Crippen molar-refractivity contribution in [2.75, 3.05) is 19.4 Å². The predicted molar refractivity (Wildman–Crippen MR) is 80.0 cm³/mol. The number of carbonyl (C=O) groups excluding carboxylic acids is 1. The summed E-state index contributed by atoms with van der Waals surface area (Å²) in [5.41, 5.74) is 2.54. The molecule has 1 aromatic carbocycles. The number of anilines is 1. The van der Waals surface area contributed by atoms with E-state index >= 15 is 0 Å². The van der Waals surface area contributed by atoms with E-state index in [9.17, 15) is 4.79 Å². The fourth-order valence-electron chi connectivity index (χ4n) is 2.17. The van der Waals surface area contributed by atoms with Gasteiger partial charge in [0.1, 0.15) is 11.5 Å². The Hall–Kier alpha value is -2.07. The molecule has 1 N–H and O–H groups in total. The van der Waals surface area contributed by atoms with E-state index in [2.05, 4.69) is 10.2 Å². The molecule has 1 heterocycles. The topological polar surface area (TPSA) is 45.5 Å². The molecule has 4 nitrogen and oxygen atoms in total. The van der Waals surface area contributed by atoms with E-state index in [0.29, 0.717) is 11.3 Å². The van der Waals surface area contributed by atoms with Crippen LogP contribution in [0.15, 0.2) is 34.7 Å². The van der Waals surface area contributed by atoms with Crippen LogP contribution in [0.2, 0.25) is 0 Å². The highest BCUT2D eigenvalue weighted by molar-refractivity contribution is 6.05. The van der Waals surface area contributed by atoms with Crippen LogP contribution in [0.4, 0.5) is 5.69 Å². The summed E-state index contributed by atoms with van der Waals surface area (Å²) in [4.78, 5) is 14.3. The third-order valence-electron chi connectivity index (χ3n) is 2.97. The molecule has 20 heavy (non-hydrogen) atoms. The highest BCUT2D eigenvalue weighted by atomic mass is 16.3. The molecule has 0 radical (unpaired) electrons. The van der Waals surface area contributed by atoms with Crippen molar-refractivity contribution >= 4 is 11.6 Å². The Morgan fingerprint density at radius 3 is 2.60 bits per heavy atom. The summed E-state index contributed by atoms with van der Waals surface area (Å²) in [5, 5.41) is 2.91. The molecule has 0 aliphatic heterocycles. The van der Waals surface area contributed by atoms with Gasteiger partial charge in [0.25, 0.3) is 5.91 Å². The first kappa shape index (κ1) is 14.3. The lowest BCUT2D eigenvalue weighted by Gasteiger charge is -2.11. The Balaban J connectivity index is 2.13. The van der Waals surface area contributed by atoms with Crippen LogP contribution < -0.4 is 5.32 Å². The van der Waals surface area contributed by atoms with Gasteiger partial charge in [-0.2, -0.15) is 0 Å². The largest absolute Gasteiger partial charge is 0.466 e. The number of hydrogen-bond acceptors (Lipinski definition) is 3. The van der Waals surface area contributed by atoms with Gasteiger partial charge >= 0.3 is 0 Å². The summed E-state index contributed by atoms with van der Waals surface area (Å²) >= 11 is 0. The molecule has 0 atom stereocenters. The number of hydrogen-bond donors (Lipinski definition) is 1. The monoisotopic (exact) mass is 272 g/mol. The summed E-state index contributed by atoms with van der Waals surface area (Å²) < 4.78 is 5.38. The van der Waals surface area contributed by atoms with Gasteiger partial charge in [-0.25, -0.2) is 0 Å². The van der Waals surface area contributed by atoms with Crippen LogP contribution in [0.25, 0.3) is 0 Å². The lowest BCUT2D eigenvalue weighted by molar-refractivity contribution is 0.102. The minimum atomic E-state index is -0.138. The van der Waals surface area contributed by atoms with Gasteiger partial charge in [0.15, 0.2) is 0 Å². The number of rotatable bonds is 4. The number of amides is 1. The average molecular weight is 272 g/mol. The van der Waals surface area contributed by atoms with E-state index in [0.717, 1.165) is 23.6 Å². The first-order valence-electron chi connectivity index (χ1n) is 6.58. The van der Waals surface area contributed by atoms with Gasteiger partial charge in [0.05, 0.1) is 5.56 Å². The van der Waals surface area contributed by atoms with Gasteiger partial charge in [-0.3, -0.25) is 4.79 Å². The average Bonchev–Trinajstić information content (AvgIpc) is 2.68. The summed E-state index contributed by atoms with van der Waals surface area (Å²) in [5.74, 6) is 1.25. The van der Waals surface area contributed by atoms with Crippen molar-refractivity contribution in [1.29, 1.82) is 0 Å². The summed E-state index contributed by atoms with van der Waals surface area (Å²) in [6, 6.07) is 9.62. The molecule has 0 bridgehead atoms. The van der Waals surface area contributed by atoms with Crippen molar-refractivity contribution in [2.24, 2.45) is 0 Å². The zero-order valence-electron chi connectivity index (χ0n) is 12.4. The molecule has 0 fully saturated rings. The van der Waals surface area contributed by atoms with Crippen LogP contribution in [-0.4, -0.2) is 24.9 Å². The second kappa shape index (κ2) is 5.92. The highest BCUT2D eigenvalue weighted by Gasteiger charge is 2.13. The third kappa shape index (κ3) is 3.48. The number of nitrogens with one attached hydrogen (secondary N) is 1. The maximum absolute atomic E-state index is 12.2. The van der Waals surface area contributed by atoms with Gasteiger partial charge in [0, 0.05) is 12.2 Å². The first-order valence-corrected chi connectivity index (χ1v) is 6.58. The molecule has 1 amide bonds. The maximum atomic E-state index is 12.2. The van der Waals surface area contributed by atoms with Crippen molar-refractivity contribution in [3.8, 4) is 0 Å². The Morgan fingerprint density at radius 1 is 1.25 bits per heavy atom. The van der Waals surface area contributed by atoms with E-state index in [1.807, 2.05) is 45.3 Å². The molecule has 0 saturated carbocycles. The second-order valence-corrected chi connectivity index (χ2v) is 5.22. The number of nitrogens with zero attached hydrogens (tertiary/aromatic N) is 1. The molecule has 2 aromatic rings. The smallest absolute Gasteiger partial charge is 0.259 e. The van der Waals surface area contributed by atoms with Crippen molar-refractivity contribution in [1.82, 2.24) is 4.90 Å². The fraction of sp³-hybridized carbons (Fsp3) is 0.312. The van der Waals surface area contributed by atoms with Crippen LogP contribution in [0.5, 0.6) is 0 Å². The van der Waals surface area contributed by atoms with Gasteiger partial charge in [-0.15, -0.1) is 0 Å². The van der Waals surface area contributed by atoms with Crippen molar-refractivity contribution in [3.63, 3.8) is 0 Å². The van der Waals surface area contributed by atoms with Crippen molar-refractivity contribution < 1.29 is 9.21 Å². The summed E-state index contributed by atoms with van der Waals surface area (Å²) in [7, 11) is 4.03. The van der Waals surface area contributed by atoms with E-state index in [-0.39, 0.29) is 5.91 Å². The Bertz CT molecular complexity index is 615. The molecule has 106 valence electrons. The summed E-state index contributed by atoms with van der Waals surface area (Å²) in [6.45, 7) is 4.47. The van der Waals surface area contributed by atoms with Crippen LogP contribution in [0.1, 0.15) is 27.4 Å². The minimum Gasteiger partial charge on any atom is -0.466 e. The Kier molecular flexibility index (Phi) is 4.25. The molecule has 0 aliphatic rings. The van der Waals surface area contributed by atoms with Gasteiger partial charge in [0.2, 0.25) is 0 Å². The lowest BCUT2D eigenvalue weighted by Crippen LogP contribution is -2.13. The molecular formula is C16H20N2O2. The number of carbonyl (C=O) groups is 1. The zero-order chi connectivity index (χ0) is 14.7. The molecule has 0 aliphatic carbocycles. The van der Waals surface area contributed by atoms with E-state index in [1.54, 1.807) is 13.0 Å². The van der Waals surface area contributed by atoms with Crippen LogP contribution >= 0.6 is 0 Å². The van der Waals surface area contributed by atoms with Crippen molar-refractivity contribution in [3.05, 3.63) is 53.0 Å². The predicted octanol–water partition coefficient (Wildman–Crippen LogP) is 3.21. The molecule has 1 aromatic heterocycles.